The summed E-state index contributed by atoms with van der Waals surface area (Å²) < 4.78 is 0. The van der Waals surface area contributed by atoms with Crippen molar-refractivity contribution in [2.24, 2.45) is 11.7 Å². The molecule has 0 aliphatic heterocycles. The Labute approximate surface area is 138 Å². The Kier molecular flexibility index (Phi) is 6.54. The van der Waals surface area contributed by atoms with Crippen molar-refractivity contribution in [2.75, 3.05) is 5.32 Å². The topological polar surface area (TPSA) is 80.9 Å². The smallest absolute Gasteiger partial charge is 0.243 e. The summed E-state index contributed by atoms with van der Waals surface area (Å²) >= 11 is 7.36. The molecule has 0 aliphatic carbocycles. The third kappa shape index (κ3) is 4.38. The highest BCUT2D eigenvalue weighted by molar-refractivity contribution is 7.18. The number of nitrogens with one attached hydrogen (secondary N) is 1. The number of nitrogens with two attached hydrogens (primary N) is 1. The summed E-state index contributed by atoms with van der Waals surface area (Å²) in [6.07, 6.45) is 0. The van der Waals surface area contributed by atoms with Crippen LogP contribution >= 0.6 is 35.3 Å². The van der Waals surface area contributed by atoms with Crippen molar-refractivity contribution in [3.8, 4) is 10.6 Å². The Morgan fingerprint density at radius 2 is 2.00 bits per heavy atom. The number of carbonyl (C=O) groups excluding carboxylic acids is 1. The van der Waals surface area contributed by atoms with E-state index in [1.165, 1.54) is 11.3 Å². The molecule has 0 saturated carbocycles. The lowest BCUT2D eigenvalue weighted by Crippen LogP contribution is -2.39. The average molecular weight is 347 g/mol. The molecule has 1 aromatic carbocycles. The van der Waals surface area contributed by atoms with Crippen LogP contribution in [0.25, 0.3) is 10.6 Å². The maximum Gasteiger partial charge on any atom is 0.243 e. The molecule has 21 heavy (non-hydrogen) atoms. The molecular formula is C13H16Cl2N4OS. The highest BCUT2D eigenvalue weighted by atomic mass is 35.5. The van der Waals surface area contributed by atoms with Gasteiger partial charge < -0.3 is 5.73 Å². The van der Waals surface area contributed by atoms with Gasteiger partial charge in [-0.25, -0.2) is 0 Å². The second-order valence-electron chi connectivity index (χ2n) is 4.65. The number of aromatic nitrogens is 2. The number of carbonyl (C=O) groups is 1. The number of hydrogen-bond donors (Lipinski definition) is 2. The van der Waals surface area contributed by atoms with Crippen LogP contribution in [0.4, 0.5) is 5.13 Å². The van der Waals surface area contributed by atoms with Gasteiger partial charge in [-0.2, -0.15) is 0 Å². The van der Waals surface area contributed by atoms with Crippen molar-refractivity contribution >= 4 is 46.4 Å². The minimum absolute atomic E-state index is 0. The van der Waals surface area contributed by atoms with Crippen molar-refractivity contribution in [1.29, 1.82) is 0 Å². The Balaban J connectivity index is 0.00000220. The van der Waals surface area contributed by atoms with E-state index in [4.69, 9.17) is 17.3 Å². The molecule has 0 spiro atoms. The highest BCUT2D eigenvalue weighted by Gasteiger charge is 2.19. The molecule has 0 fully saturated rings. The van der Waals surface area contributed by atoms with Crippen LogP contribution in [0.3, 0.4) is 0 Å². The zero-order valence-electron chi connectivity index (χ0n) is 11.5. The maximum absolute atomic E-state index is 11.8. The first-order chi connectivity index (χ1) is 9.49. The number of rotatable bonds is 4. The van der Waals surface area contributed by atoms with Gasteiger partial charge in [-0.15, -0.1) is 22.6 Å². The molecule has 1 heterocycles. The van der Waals surface area contributed by atoms with E-state index in [-0.39, 0.29) is 24.2 Å². The van der Waals surface area contributed by atoms with E-state index in [1.807, 2.05) is 32.0 Å². The molecule has 8 heteroatoms. The number of hydrogen-bond acceptors (Lipinski definition) is 5. The lowest BCUT2D eigenvalue weighted by Gasteiger charge is -2.13. The first kappa shape index (κ1) is 17.8. The SMILES string of the molecule is CC(C)[C@H](N)C(=O)Nc1nnc(-c2ccccc2Cl)s1.Cl. The summed E-state index contributed by atoms with van der Waals surface area (Å²) in [7, 11) is 0. The molecule has 3 N–H and O–H groups in total. The van der Waals surface area contributed by atoms with E-state index >= 15 is 0 Å². The van der Waals surface area contributed by atoms with Gasteiger partial charge in [0.1, 0.15) is 0 Å². The maximum atomic E-state index is 11.8. The summed E-state index contributed by atoms with van der Waals surface area (Å²) in [5.74, 6) is -0.201. The van der Waals surface area contributed by atoms with Crippen molar-refractivity contribution < 1.29 is 4.79 Å². The van der Waals surface area contributed by atoms with Crippen molar-refractivity contribution in [2.45, 2.75) is 19.9 Å². The molecule has 114 valence electrons. The fourth-order valence-electron chi connectivity index (χ4n) is 1.51. The minimum atomic E-state index is -0.567. The second kappa shape index (κ2) is 7.70. The van der Waals surface area contributed by atoms with Crippen LogP contribution in [0, 0.1) is 5.92 Å². The van der Waals surface area contributed by atoms with Gasteiger partial charge in [0.05, 0.1) is 11.1 Å². The normalized spacial score (nSPS) is 11.9. The van der Waals surface area contributed by atoms with E-state index in [0.29, 0.717) is 15.2 Å². The molecule has 2 aromatic rings. The van der Waals surface area contributed by atoms with Gasteiger partial charge in [-0.1, -0.05) is 55.0 Å². The van der Waals surface area contributed by atoms with Gasteiger partial charge in [0.2, 0.25) is 11.0 Å². The molecule has 1 amide bonds. The summed E-state index contributed by atoms with van der Waals surface area (Å²) in [4.78, 5) is 11.8. The van der Waals surface area contributed by atoms with Crippen molar-refractivity contribution in [3.05, 3.63) is 29.3 Å². The predicted molar refractivity (Wildman–Crippen MR) is 89.0 cm³/mol. The molecule has 1 aromatic heterocycles. The molecular weight excluding hydrogens is 331 g/mol. The van der Waals surface area contributed by atoms with Crippen molar-refractivity contribution in [1.82, 2.24) is 10.2 Å². The predicted octanol–water partition coefficient (Wildman–Crippen LogP) is 3.20. The van der Waals surface area contributed by atoms with Crippen LogP contribution in [0.2, 0.25) is 5.02 Å². The monoisotopic (exact) mass is 346 g/mol. The molecule has 5 nitrogen and oxygen atoms in total. The lowest BCUT2D eigenvalue weighted by molar-refractivity contribution is -0.118. The first-order valence-electron chi connectivity index (χ1n) is 6.14. The van der Waals surface area contributed by atoms with Crippen LogP contribution in [0.1, 0.15) is 13.8 Å². The Morgan fingerprint density at radius 3 is 2.62 bits per heavy atom. The molecule has 1 atom stereocenters. The Hall–Kier alpha value is -1.21. The van der Waals surface area contributed by atoms with Gasteiger partial charge in [0, 0.05) is 5.56 Å². The van der Waals surface area contributed by atoms with E-state index in [1.54, 1.807) is 6.07 Å². The summed E-state index contributed by atoms with van der Waals surface area (Å²) in [5.41, 5.74) is 6.57. The van der Waals surface area contributed by atoms with Gasteiger partial charge in [-0.05, 0) is 12.0 Å². The molecule has 0 unspecified atom stereocenters. The molecule has 0 aliphatic rings. The summed E-state index contributed by atoms with van der Waals surface area (Å²) in [5, 5.41) is 12.3. The van der Waals surface area contributed by atoms with Gasteiger partial charge in [0.25, 0.3) is 0 Å². The van der Waals surface area contributed by atoms with E-state index in [0.717, 1.165) is 5.56 Å². The first-order valence-corrected chi connectivity index (χ1v) is 7.33. The summed E-state index contributed by atoms with van der Waals surface area (Å²) in [6.45, 7) is 3.78. The van der Waals surface area contributed by atoms with Crippen LogP contribution in [0.15, 0.2) is 24.3 Å². The van der Waals surface area contributed by atoms with E-state index < -0.39 is 6.04 Å². The highest BCUT2D eigenvalue weighted by Crippen LogP contribution is 2.31. The van der Waals surface area contributed by atoms with E-state index in [9.17, 15) is 4.79 Å². The largest absolute Gasteiger partial charge is 0.320 e. The van der Waals surface area contributed by atoms with Gasteiger partial charge >= 0.3 is 0 Å². The fraction of sp³-hybridized carbons (Fsp3) is 0.308. The second-order valence-corrected chi connectivity index (χ2v) is 6.04. The molecule has 0 saturated heterocycles. The number of benzene rings is 1. The third-order valence-corrected chi connectivity index (χ3v) is 3.98. The van der Waals surface area contributed by atoms with Crippen LogP contribution in [-0.2, 0) is 4.79 Å². The average Bonchev–Trinajstić information content (AvgIpc) is 2.86. The van der Waals surface area contributed by atoms with Crippen LogP contribution < -0.4 is 11.1 Å². The van der Waals surface area contributed by atoms with Gasteiger partial charge in [-0.3, -0.25) is 10.1 Å². The Bertz CT molecular complexity index is 618. The molecule has 2 rings (SSSR count). The lowest BCUT2D eigenvalue weighted by atomic mass is 10.1. The van der Waals surface area contributed by atoms with Crippen molar-refractivity contribution in [3.63, 3.8) is 0 Å². The van der Waals surface area contributed by atoms with Crippen LogP contribution in [0.5, 0.6) is 0 Å². The minimum Gasteiger partial charge on any atom is -0.320 e. The Morgan fingerprint density at radius 1 is 1.33 bits per heavy atom. The third-order valence-electron chi connectivity index (χ3n) is 2.78. The quantitative estimate of drug-likeness (QED) is 0.890. The zero-order valence-corrected chi connectivity index (χ0v) is 13.9. The molecule has 0 bridgehead atoms. The zero-order chi connectivity index (χ0) is 14.7. The standard InChI is InChI=1S/C13H15ClN4OS.ClH/c1-7(2)10(15)11(19)16-13-18-17-12(20-13)8-5-3-4-6-9(8)14;/h3-7,10H,15H2,1-2H3,(H,16,18,19);1H/t10-;/m0./s1. The summed E-state index contributed by atoms with van der Waals surface area (Å²) in [6, 6.07) is 6.79. The van der Waals surface area contributed by atoms with Crippen LogP contribution in [-0.4, -0.2) is 22.1 Å². The van der Waals surface area contributed by atoms with E-state index in [2.05, 4.69) is 15.5 Å². The number of amides is 1. The number of nitrogens with zero attached hydrogens (tertiary/aromatic N) is 2. The fourth-order valence-corrected chi connectivity index (χ4v) is 2.58. The van der Waals surface area contributed by atoms with Gasteiger partial charge in [0.15, 0.2) is 5.01 Å². The number of halogens is 2. The molecule has 0 radical (unpaired) electrons. The number of anilines is 1.